The molecule has 0 bridgehead atoms. The van der Waals surface area contributed by atoms with Gasteiger partial charge in [-0.05, 0) is 48.5 Å². The molecule has 3 aromatic rings. The summed E-state index contributed by atoms with van der Waals surface area (Å²) in [6.07, 6.45) is -1.37. The minimum atomic E-state index is -4.55. The number of piperazine rings is 1. The number of aromatic nitrogens is 2. The van der Waals surface area contributed by atoms with Crippen LogP contribution < -0.4 is 5.32 Å². The first-order valence-electron chi connectivity index (χ1n) is 10.3. The second kappa shape index (κ2) is 9.39. The Labute approximate surface area is 194 Å². The summed E-state index contributed by atoms with van der Waals surface area (Å²) in [4.78, 5) is 22.4. The number of alkyl halides is 3. The van der Waals surface area contributed by atoms with Gasteiger partial charge in [-0.1, -0.05) is 6.07 Å². The quantitative estimate of drug-likeness (QED) is 0.588. The Balaban J connectivity index is 1.40. The first kappa shape index (κ1) is 23.6. The van der Waals surface area contributed by atoms with Gasteiger partial charge in [0.15, 0.2) is 0 Å². The average Bonchev–Trinajstić information content (AvgIpc) is 2.84. The van der Waals surface area contributed by atoms with Crippen LogP contribution in [0.1, 0.15) is 15.9 Å². The molecule has 1 fully saturated rings. The average molecular weight is 491 g/mol. The van der Waals surface area contributed by atoms with Crippen molar-refractivity contribution < 1.29 is 26.4 Å². The molecule has 2 heterocycles. The fraction of sp³-hybridized carbons (Fsp3) is 0.227. The van der Waals surface area contributed by atoms with Crippen molar-refractivity contribution in [2.75, 3.05) is 31.5 Å². The molecule has 0 spiro atoms. The Morgan fingerprint density at radius 2 is 1.56 bits per heavy atom. The summed E-state index contributed by atoms with van der Waals surface area (Å²) < 4.78 is 65.1. The molecule has 0 unspecified atom stereocenters. The van der Waals surface area contributed by atoms with Gasteiger partial charge in [0.05, 0.1) is 10.5 Å². The first-order chi connectivity index (χ1) is 16.1. The lowest BCUT2D eigenvalue weighted by atomic mass is 10.1. The minimum Gasteiger partial charge on any atom is -0.336 e. The van der Waals surface area contributed by atoms with Crippen molar-refractivity contribution in [3.05, 3.63) is 78.1 Å². The zero-order valence-electron chi connectivity index (χ0n) is 17.7. The Bertz CT molecular complexity index is 1260. The highest BCUT2D eigenvalue weighted by Crippen LogP contribution is 2.30. The van der Waals surface area contributed by atoms with Gasteiger partial charge in [-0.2, -0.15) is 17.5 Å². The number of carbonyl (C=O) groups is 1. The molecule has 0 atom stereocenters. The Morgan fingerprint density at radius 1 is 0.912 bits per heavy atom. The minimum absolute atomic E-state index is 0.0326. The Kier molecular flexibility index (Phi) is 6.53. The lowest BCUT2D eigenvalue weighted by molar-refractivity contribution is -0.137. The predicted molar refractivity (Wildman–Crippen MR) is 118 cm³/mol. The molecule has 1 aromatic heterocycles. The van der Waals surface area contributed by atoms with E-state index >= 15 is 0 Å². The number of hydrogen-bond donors (Lipinski definition) is 1. The van der Waals surface area contributed by atoms with Gasteiger partial charge in [-0.15, -0.1) is 0 Å². The standard InChI is InChI=1S/C22H20F3N5O3S/c23-22(24,25)17-5-7-19(8-6-17)34(32,33)30-13-11-29(12-14-30)20(31)16-3-1-4-18(15-16)28-21-26-9-2-10-27-21/h1-10,15H,11-14H2,(H,26,27,28). The largest absolute Gasteiger partial charge is 0.416 e. The van der Waals surface area contributed by atoms with Crippen molar-refractivity contribution in [2.24, 2.45) is 0 Å². The van der Waals surface area contributed by atoms with E-state index in [0.717, 1.165) is 24.3 Å². The fourth-order valence-electron chi connectivity index (χ4n) is 3.50. The zero-order chi connectivity index (χ0) is 24.3. The fourth-order valence-corrected chi connectivity index (χ4v) is 4.92. The SMILES string of the molecule is O=C(c1cccc(Nc2ncccn2)c1)N1CCN(S(=O)(=O)c2ccc(C(F)(F)F)cc2)CC1. The number of halogens is 3. The van der Waals surface area contributed by atoms with Crippen LogP contribution in [0.4, 0.5) is 24.8 Å². The molecule has 1 aliphatic rings. The van der Waals surface area contributed by atoms with Crippen molar-refractivity contribution in [2.45, 2.75) is 11.1 Å². The van der Waals surface area contributed by atoms with Crippen LogP contribution in [0, 0.1) is 0 Å². The molecular formula is C22H20F3N5O3S. The van der Waals surface area contributed by atoms with E-state index in [0.29, 0.717) is 17.2 Å². The number of carbonyl (C=O) groups excluding carboxylic acids is 1. The number of nitrogens with one attached hydrogen (secondary N) is 1. The summed E-state index contributed by atoms with van der Waals surface area (Å²) in [6.45, 7) is 0.367. The summed E-state index contributed by atoms with van der Waals surface area (Å²) in [5, 5.41) is 3.01. The predicted octanol–water partition coefficient (Wildman–Crippen LogP) is 3.39. The molecule has 4 rings (SSSR count). The van der Waals surface area contributed by atoms with E-state index in [1.807, 2.05) is 0 Å². The van der Waals surface area contributed by atoms with E-state index in [1.54, 1.807) is 42.7 Å². The summed E-state index contributed by atoms with van der Waals surface area (Å²) >= 11 is 0. The topological polar surface area (TPSA) is 95.5 Å². The lowest BCUT2D eigenvalue weighted by Gasteiger charge is -2.34. The van der Waals surface area contributed by atoms with Crippen LogP contribution in [0.15, 0.2) is 71.9 Å². The molecule has 34 heavy (non-hydrogen) atoms. The summed E-state index contributed by atoms with van der Waals surface area (Å²) in [5.41, 5.74) is 0.123. The Morgan fingerprint density at radius 3 is 2.18 bits per heavy atom. The van der Waals surface area contributed by atoms with Crippen LogP contribution in [0.3, 0.4) is 0 Å². The van der Waals surface area contributed by atoms with E-state index in [-0.39, 0.29) is 37.0 Å². The van der Waals surface area contributed by atoms with Gasteiger partial charge in [0.1, 0.15) is 0 Å². The number of benzene rings is 2. The number of amides is 1. The van der Waals surface area contributed by atoms with Gasteiger partial charge < -0.3 is 10.2 Å². The number of nitrogens with zero attached hydrogens (tertiary/aromatic N) is 4. The van der Waals surface area contributed by atoms with Crippen LogP contribution in [0.5, 0.6) is 0 Å². The number of rotatable bonds is 5. The molecule has 1 aliphatic heterocycles. The third kappa shape index (κ3) is 5.18. The summed E-state index contributed by atoms with van der Waals surface area (Å²) in [5.74, 6) is 0.124. The summed E-state index contributed by atoms with van der Waals surface area (Å²) in [7, 11) is -3.98. The van der Waals surface area contributed by atoms with E-state index in [2.05, 4.69) is 15.3 Å². The number of hydrogen-bond acceptors (Lipinski definition) is 6. The molecule has 12 heteroatoms. The van der Waals surface area contributed by atoms with Crippen LogP contribution in [-0.2, 0) is 16.2 Å². The lowest BCUT2D eigenvalue weighted by Crippen LogP contribution is -2.50. The van der Waals surface area contributed by atoms with E-state index in [4.69, 9.17) is 0 Å². The molecule has 0 saturated carbocycles. The van der Waals surface area contributed by atoms with Gasteiger partial charge in [-0.25, -0.2) is 18.4 Å². The normalized spacial score (nSPS) is 15.2. The molecule has 1 amide bonds. The molecule has 1 saturated heterocycles. The second-order valence-electron chi connectivity index (χ2n) is 7.50. The van der Waals surface area contributed by atoms with Gasteiger partial charge in [0.2, 0.25) is 16.0 Å². The molecule has 0 radical (unpaired) electrons. The molecule has 2 aromatic carbocycles. The van der Waals surface area contributed by atoms with E-state index in [1.165, 1.54) is 9.21 Å². The van der Waals surface area contributed by atoms with Gasteiger partial charge in [0.25, 0.3) is 5.91 Å². The Hall–Kier alpha value is -3.51. The highest BCUT2D eigenvalue weighted by molar-refractivity contribution is 7.89. The van der Waals surface area contributed by atoms with Crippen molar-refractivity contribution in [3.63, 3.8) is 0 Å². The molecule has 8 nitrogen and oxygen atoms in total. The maximum atomic E-state index is 13.0. The van der Waals surface area contributed by atoms with Crippen molar-refractivity contribution in [1.29, 1.82) is 0 Å². The maximum absolute atomic E-state index is 13.0. The van der Waals surface area contributed by atoms with Crippen molar-refractivity contribution in [3.8, 4) is 0 Å². The highest BCUT2D eigenvalue weighted by Gasteiger charge is 2.33. The first-order valence-corrected chi connectivity index (χ1v) is 11.7. The van der Waals surface area contributed by atoms with Gasteiger partial charge >= 0.3 is 6.18 Å². The smallest absolute Gasteiger partial charge is 0.336 e. The highest BCUT2D eigenvalue weighted by atomic mass is 32.2. The molecular weight excluding hydrogens is 471 g/mol. The van der Waals surface area contributed by atoms with Gasteiger partial charge in [-0.3, -0.25) is 4.79 Å². The number of sulfonamides is 1. The van der Waals surface area contributed by atoms with Crippen LogP contribution >= 0.6 is 0 Å². The molecule has 0 aliphatic carbocycles. The third-order valence-corrected chi connectivity index (χ3v) is 7.19. The molecule has 178 valence electrons. The van der Waals surface area contributed by atoms with Crippen LogP contribution in [0.25, 0.3) is 0 Å². The van der Waals surface area contributed by atoms with Crippen LogP contribution in [-0.4, -0.2) is 59.7 Å². The van der Waals surface area contributed by atoms with Crippen molar-refractivity contribution in [1.82, 2.24) is 19.2 Å². The number of anilines is 2. The third-order valence-electron chi connectivity index (χ3n) is 5.28. The van der Waals surface area contributed by atoms with E-state index in [9.17, 15) is 26.4 Å². The second-order valence-corrected chi connectivity index (χ2v) is 9.43. The summed E-state index contributed by atoms with van der Waals surface area (Å²) in [6, 6.07) is 11.9. The molecule has 1 N–H and O–H groups in total. The van der Waals surface area contributed by atoms with E-state index < -0.39 is 21.8 Å². The van der Waals surface area contributed by atoms with Crippen LogP contribution in [0.2, 0.25) is 0 Å². The monoisotopic (exact) mass is 491 g/mol. The zero-order valence-corrected chi connectivity index (χ0v) is 18.6. The van der Waals surface area contributed by atoms with Crippen molar-refractivity contribution >= 4 is 27.6 Å². The van der Waals surface area contributed by atoms with Gasteiger partial charge in [0, 0.05) is 49.8 Å². The maximum Gasteiger partial charge on any atom is 0.416 e.